The molecule has 0 amide bonds. The third-order valence-electron chi connectivity index (χ3n) is 1.24. The van der Waals surface area contributed by atoms with Gasteiger partial charge in [-0.15, -0.1) is 0 Å². The summed E-state index contributed by atoms with van der Waals surface area (Å²) in [5, 5.41) is 0. The average Bonchev–Trinajstić information content (AvgIpc) is 1.98. The molecule has 0 aromatic heterocycles. The Morgan fingerprint density at radius 3 is 2.43 bits per heavy atom. The largest absolute Gasteiger partial charge is 0.450 e. The van der Waals surface area contributed by atoms with Crippen LogP contribution in [0.3, 0.4) is 0 Å². The van der Waals surface area contributed by atoms with E-state index in [4.69, 9.17) is 9.47 Å². The summed E-state index contributed by atoms with van der Waals surface area (Å²) < 4.78 is 9.90. The van der Waals surface area contributed by atoms with Crippen molar-refractivity contribution in [1.29, 1.82) is 0 Å². The smallest absolute Gasteiger partial charge is 0.384 e. The molecule has 0 saturated heterocycles. The van der Waals surface area contributed by atoms with E-state index in [-0.39, 0.29) is 5.92 Å². The number of hydrogen-bond donors (Lipinski definition) is 0. The molecule has 0 heterocycles. The van der Waals surface area contributed by atoms with Gasteiger partial charge in [-0.1, -0.05) is 5.92 Å². The van der Waals surface area contributed by atoms with Crippen molar-refractivity contribution < 1.29 is 14.3 Å². The second kappa shape index (κ2) is 5.66. The summed E-state index contributed by atoms with van der Waals surface area (Å²) in [5.74, 6) is 4.75. The van der Waals surface area contributed by atoms with Crippen LogP contribution in [0.15, 0.2) is 0 Å². The van der Waals surface area contributed by atoms with Crippen molar-refractivity contribution >= 4 is 5.97 Å². The monoisotopic (exact) mass is 198 g/mol. The molecule has 1 atom stereocenters. The van der Waals surface area contributed by atoms with Crippen LogP contribution < -0.4 is 0 Å². The minimum absolute atomic E-state index is 0.0486. The fourth-order valence-corrected chi connectivity index (χ4v) is 0.777. The Balaban J connectivity index is 4.04. The second-order valence-electron chi connectivity index (χ2n) is 4.13. The number of rotatable bonds is 2. The van der Waals surface area contributed by atoms with Crippen LogP contribution in [0.4, 0.5) is 0 Å². The molecule has 0 fully saturated rings. The SMILES string of the molecule is COCC(C)C#CC(=O)OC(C)(C)C. The number of esters is 1. The summed E-state index contributed by atoms with van der Waals surface area (Å²) in [6.07, 6.45) is 0. The third kappa shape index (κ3) is 7.63. The molecule has 0 aliphatic heterocycles. The lowest BCUT2D eigenvalue weighted by Crippen LogP contribution is -2.22. The Morgan fingerprint density at radius 1 is 1.43 bits per heavy atom. The molecule has 1 unspecified atom stereocenters. The van der Waals surface area contributed by atoms with Crippen molar-refractivity contribution in [3.8, 4) is 11.8 Å². The summed E-state index contributed by atoms with van der Waals surface area (Å²) in [6, 6.07) is 0. The molecule has 14 heavy (non-hydrogen) atoms. The summed E-state index contributed by atoms with van der Waals surface area (Å²) in [5.41, 5.74) is -0.476. The number of carbonyl (C=O) groups excluding carboxylic acids is 1. The first-order valence-corrected chi connectivity index (χ1v) is 4.58. The highest BCUT2D eigenvalue weighted by Crippen LogP contribution is 2.06. The maximum atomic E-state index is 11.1. The van der Waals surface area contributed by atoms with Crippen LogP contribution in [-0.2, 0) is 14.3 Å². The van der Waals surface area contributed by atoms with E-state index in [2.05, 4.69) is 11.8 Å². The average molecular weight is 198 g/mol. The molecule has 0 aromatic carbocycles. The third-order valence-corrected chi connectivity index (χ3v) is 1.24. The van der Waals surface area contributed by atoms with Gasteiger partial charge in [-0.2, -0.15) is 0 Å². The quantitative estimate of drug-likeness (QED) is 0.384. The normalized spacial score (nSPS) is 12.6. The fourth-order valence-electron chi connectivity index (χ4n) is 0.777. The van der Waals surface area contributed by atoms with Gasteiger partial charge < -0.3 is 9.47 Å². The van der Waals surface area contributed by atoms with Gasteiger partial charge in [0, 0.05) is 18.9 Å². The van der Waals surface area contributed by atoms with E-state index in [0.717, 1.165) is 0 Å². The second-order valence-corrected chi connectivity index (χ2v) is 4.13. The first kappa shape index (κ1) is 13.0. The van der Waals surface area contributed by atoms with Crippen molar-refractivity contribution in [3.05, 3.63) is 0 Å². The van der Waals surface area contributed by atoms with Crippen LogP contribution in [0.5, 0.6) is 0 Å². The number of hydrogen-bond acceptors (Lipinski definition) is 3. The van der Waals surface area contributed by atoms with Crippen LogP contribution in [0, 0.1) is 17.8 Å². The van der Waals surface area contributed by atoms with Gasteiger partial charge in [0.05, 0.1) is 6.61 Å². The molecule has 3 nitrogen and oxygen atoms in total. The standard InChI is InChI=1S/C11H18O3/c1-9(8-13-5)6-7-10(12)14-11(2,3)4/h9H,8H2,1-5H3. The molecule has 0 aliphatic carbocycles. The van der Waals surface area contributed by atoms with Gasteiger partial charge in [0.25, 0.3) is 0 Å². The van der Waals surface area contributed by atoms with E-state index in [9.17, 15) is 4.79 Å². The molecular weight excluding hydrogens is 180 g/mol. The van der Waals surface area contributed by atoms with Crippen LogP contribution in [0.25, 0.3) is 0 Å². The zero-order valence-corrected chi connectivity index (χ0v) is 9.51. The zero-order chi connectivity index (χ0) is 11.2. The zero-order valence-electron chi connectivity index (χ0n) is 9.51. The Kier molecular flexibility index (Phi) is 5.26. The van der Waals surface area contributed by atoms with Gasteiger partial charge in [0.15, 0.2) is 0 Å². The van der Waals surface area contributed by atoms with Gasteiger partial charge in [-0.3, -0.25) is 0 Å². The topological polar surface area (TPSA) is 35.5 Å². The molecular formula is C11H18O3. The van der Waals surface area contributed by atoms with Crippen LogP contribution in [0.2, 0.25) is 0 Å². The van der Waals surface area contributed by atoms with Crippen LogP contribution in [-0.4, -0.2) is 25.3 Å². The van der Waals surface area contributed by atoms with Crippen molar-refractivity contribution in [2.24, 2.45) is 5.92 Å². The molecule has 0 bridgehead atoms. The van der Waals surface area contributed by atoms with Crippen LogP contribution >= 0.6 is 0 Å². The fraction of sp³-hybridized carbons (Fsp3) is 0.727. The van der Waals surface area contributed by atoms with Crippen LogP contribution in [0.1, 0.15) is 27.7 Å². The molecule has 0 radical (unpaired) electrons. The highest BCUT2D eigenvalue weighted by atomic mass is 16.6. The van der Waals surface area contributed by atoms with E-state index >= 15 is 0 Å². The van der Waals surface area contributed by atoms with E-state index in [1.807, 2.05) is 27.7 Å². The molecule has 0 N–H and O–H groups in total. The lowest BCUT2D eigenvalue weighted by molar-refractivity contribution is -0.147. The highest BCUT2D eigenvalue weighted by molar-refractivity contribution is 5.88. The van der Waals surface area contributed by atoms with Crippen molar-refractivity contribution in [1.82, 2.24) is 0 Å². The Labute approximate surface area is 85.8 Å². The summed E-state index contributed by atoms with van der Waals surface area (Å²) in [7, 11) is 1.60. The van der Waals surface area contributed by atoms with E-state index in [1.165, 1.54) is 0 Å². The van der Waals surface area contributed by atoms with Gasteiger partial charge in [-0.05, 0) is 27.7 Å². The summed E-state index contributed by atoms with van der Waals surface area (Å²) in [4.78, 5) is 11.1. The van der Waals surface area contributed by atoms with E-state index in [0.29, 0.717) is 6.61 Å². The van der Waals surface area contributed by atoms with Crippen molar-refractivity contribution in [2.45, 2.75) is 33.3 Å². The first-order valence-electron chi connectivity index (χ1n) is 4.58. The molecule has 0 aromatic rings. The number of methoxy groups -OCH3 is 1. The molecule has 0 aliphatic rings. The summed E-state index contributed by atoms with van der Waals surface area (Å²) in [6.45, 7) is 7.85. The lowest BCUT2D eigenvalue weighted by Gasteiger charge is -2.17. The first-order chi connectivity index (χ1) is 6.35. The van der Waals surface area contributed by atoms with Gasteiger partial charge in [-0.25, -0.2) is 4.79 Å². The summed E-state index contributed by atoms with van der Waals surface area (Å²) >= 11 is 0. The Bertz CT molecular complexity index is 239. The minimum Gasteiger partial charge on any atom is -0.450 e. The van der Waals surface area contributed by atoms with Crippen molar-refractivity contribution in [3.63, 3.8) is 0 Å². The predicted molar refractivity (Wildman–Crippen MR) is 54.7 cm³/mol. The molecule has 80 valence electrons. The minimum atomic E-state index is -0.486. The van der Waals surface area contributed by atoms with Gasteiger partial charge in [0.2, 0.25) is 0 Å². The van der Waals surface area contributed by atoms with E-state index < -0.39 is 11.6 Å². The van der Waals surface area contributed by atoms with Crippen molar-refractivity contribution in [2.75, 3.05) is 13.7 Å². The van der Waals surface area contributed by atoms with Gasteiger partial charge >= 0.3 is 5.97 Å². The maximum absolute atomic E-state index is 11.1. The number of ether oxygens (including phenoxy) is 2. The van der Waals surface area contributed by atoms with Gasteiger partial charge in [0.1, 0.15) is 5.60 Å². The Morgan fingerprint density at radius 2 is 2.00 bits per heavy atom. The number of carbonyl (C=O) groups is 1. The van der Waals surface area contributed by atoms with E-state index in [1.54, 1.807) is 7.11 Å². The maximum Gasteiger partial charge on any atom is 0.384 e. The molecule has 3 heteroatoms. The highest BCUT2D eigenvalue weighted by Gasteiger charge is 2.14. The molecule has 0 rings (SSSR count). The predicted octanol–water partition coefficient (Wildman–Crippen LogP) is 1.61. The Hall–Kier alpha value is -1.01. The lowest BCUT2D eigenvalue weighted by atomic mass is 10.2. The molecule has 0 spiro atoms. The molecule has 0 saturated carbocycles.